The number of nitrogens with one attached hydrogen (secondary N) is 2. The Hall–Kier alpha value is -2.44. The zero-order valence-corrected chi connectivity index (χ0v) is 16.5. The molecule has 2 aliphatic rings. The van der Waals surface area contributed by atoms with Crippen molar-refractivity contribution in [1.82, 2.24) is 10.6 Å². The summed E-state index contributed by atoms with van der Waals surface area (Å²) in [6.07, 6.45) is 1.55. The monoisotopic (exact) mass is 384 g/mol. The van der Waals surface area contributed by atoms with Gasteiger partial charge in [-0.2, -0.15) is 0 Å². The Morgan fingerprint density at radius 3 is 1.21 bits per heavy atom. The largest absolute Gasteiger partial charge is 0.449 e. The van der Waals surface area contributed by atoms with Crippen LogP contribution < -0.4 is 29.6 Å². The summed E-state index contributed by atoms with van der Waals surface area (Å²) in [7, 11) is 0. The first kappa shape index (κ1) is 18.9. The Bertz CT molecular complexity index is 693. The van der Waals surface area contributed by atoms with Crippen molar-refractivity contribution < 1.29 is 18.9 Å². The highest BCUT2D eigenvalue weighted by Gasteiger charge is 2.36. The van der Waals surface area contributed by atoms with Crippen molar-refractivity contribution in [1.29, 1.82) is 0 Å². The van der Waals surface area contributed by atoms with E-state index in [0.717, 1.165) is 62.0 Å². The van der Waals surface area contributed by atoms with Gasteiger partial charge in [0.05, 0.1) is 0 Å². The van der Waals surface area contributed by atoms with Crippen LogP contribution in [0.25, 0.3) is 0 Å². The lowest BCUT2D eigenvalue weighted by Crippen LogP contribution is -2.40. The molecule has 0 spiro atoms. The first-order valence-corrected chi connectivity index (χ1v) is 9.91. The van der Waals surface area contributed by atoms with Gasteiger partial charge in [-0.15, -0.1) is 0 Å². The Morgan fingerprint density at radius 1 is 0.571 bits per heavy atom. The summed E-state index contributed by atoms with van der Waals surface area (Å²) in [6.45, 7) is 7.36. The third-order valence-corrected chi connectivity index (χ3v) is 4.99. The molecule has 0 unspecified atom stereocenters. The number of hydrogen-bond acceptors (Lipinski definition) is 6. The van der Waals surface area contributed by atoms with Gasteiger partial charge in [0.15, 0.2) is 23.0 Å². The minimum Gasteiger partial charge on any atom is -0.449 e. The van der Waals surface area contributed by atoms with E-state index in [2.05, 4.69) is 10.6 Å². The third-order valence-electron chi connectivity index (χ3n) is 4.99. The summed E-state index contributed by atoms with van der Waals surface area (Å²) in [6, 6.07) is 15.6. The number of rotatable bonds is 9. The van der Waals surface area contributed by atoms with Gasteiger partial charge in [-0.3, -0.25) is 0 Å². The van der Waals surface area contributed by atoms with Gasteiger partial charge in [0.2, 0.25) is 11.6 Å². The molecule has 2 heterocycles. The minimum absolute atomic E-state index is 0.592. The second-order valence-electron chi connectivity index (χ2n) is 7.57. The summed E-state index contributed by atoms with van der Waals surface area (Å²) in [5.41, 5.74) is 0. The smallest absolute Gasteiger partial charge is 0.250 e. The van der Waals surface area contributed by atoms with Crippen LogP contribution in [0, 0.1) is 0 Å². The molecule has 2 aromatic carbocycles. The lowest BCUT2D eigenvalue weighted by atomic mass is 10.2. The van der Waals surface area contributed by atoms with E-state index in [1.54, 1.807) is 0 Å². The van der Waals surface area contributed by atoms with E-state index in [-0.39, 0.29) is 0 Å². The molecule has 0 bridgehead atoms. The van der Waals surface area contributed by atoms with Gasteiger partial charge < -0.3 is 29.6 Å². The number of hydrogen-bond donors (Lipinski definition) is 2. The van der Waals surface area contributed by atoms with Crippen LogP contribution in [0.4, 0.5) is 0 Å². The fourth-order valence-electron chi connectivity index (χ4n) is 3.47. The molecule has 6 heteroatoms. The van der Waals surface area contributed by atoms with E-state index in [1.165, 1.54) is 0 Å². The van der Waals surface area contributed by atoms with Crippen molar-refractivity contribution in [2.24, 2.45) is 0 Å². The van der Waals surface area contributed by atoms with Crippen molar-refractivity contribution >= 4 is 0 Å². The maximum atomic E-state index is 5.93. The Kier molecular flexibility index (Phi) is 5.33. The molecule has 2 aromatic rings. The topological polar surface area (TPSA) is 61.0 Å². The molecule has 0 amide bonds. The molecule has 0 aromatic heterocycles. The van der Waals surface area contributed by atoms with Crippen LogP contribution in [-0.4, -0.2) is 37.8 Å². The molecule has 150 valence electrons. The molecule has 0 atom stereocenters. The normalized spacial score (nSPS) is 17.6. The SMILES string of the molecule is CC1(CCNCCNCCC2(C)Oc3ccccc3O2)Oc2ccccc2O1. The van der Waals surface area contributed by atoms with E-state index in [1.807, 2.05) is 62.4 Å². The summed E-state index contributed by atoms with van der Waals surface area (Å²) in [4.78, 5) is 0. The highest BCUT2D eigenvalue weighted by Crippen LogP contribution is 2.40. The Labute approximate surface area is 166 Å². The molecule has 0 fully saturated rings. The van der Waals surface area contributed by atoms with Crippen molar-refractivity contribution in [2.75, 3.05) is 26.2 Å². The molecule has 0 aliphatic carbocycles. The Balaban J connectivity index is 1.07. The van der Waals surface area contributed by atoms with Crippen LogP contribution in [0.5, 0.6) is 23.0 Å². The number of fused-ring (bicyclic) bond motifs is 2. The van der Waals surface area contributed by atoms with E-state index in [4.69, 9.17) is 18.9 Å². The summed E-state index contributed by atoms with van der Waals surface area (Å²) < 4.78 is 23.7. The lowest BCUT2D eigenvalue weighted by Gasteiger charge is -2.24. The predicted octanol–water partition coefficient (Wildman–Crippen LogP) is 3.32. The fraction of sp³-hybridized carbons (Fsp3) is 0.455. The van der Waals surface area contributed by atoms with E-state index >= 15 is 0 Å². The van der Waals surface area contributed by atoms with Crippen LogP contribution in [0.1, 0.15) is 26.7 Å². The van der Waals surface area contributed by atoms with Crippen LogP contribution in [-0.2, 0) is 0 Å². The quantitative estimate of drug-likeness (QED) is 0.647. The zero-order chi connectivity index (χ0) is 19.5. The van der Waals surface area contributed by atoms with Crippen molar-refractivity contribution in [3.8, 4) is 23.0 Å². The van der Waals surface area contributed by atoms with Gasteiger partial charge in [-0.25, -0.2) is 0 Å². The van der Waals surface area contributed by atoms with E-state index in [0.29, 0.717) is 0 Å². The van der Waals surface area contributed by atoms with Gasteiger partial charge in [0.25, 0.3) is 0 Å². The van der Waals surface area contributed by atoms with Crippen LogP contribution in [0.15, 0.2) is 48.5 Å². The minimum atomic E-state index is -0.592. The van der Waals surface area contributed by atoms with Crippen LogP contribution in [0.3, 0.4) is 0 Å². The predicted molar refractivity (Wildman–Crippen MR) is 107 cm³/mol. The van der Waals surface area contributed by atoms with Gasteiger partial charge in [-0.1, -0.05) is 24.3 Å². The average Bonchev–Trinajstić information content (AvgIpc) is 3.19. The molecular formula is C22H28N2O4. The third kappa shape index (κ3) is 4.34. The van der Waals surface area contributed by atoms with Gasteiger partial charge in [-0.05, 0) is 24.3 Å². The highest BCUT2D eigenvalue weighted by molar-refractivity contribution is 5.43. The fourth-order valence-corrected chi connectivity index (χ4v) is 3.47. The number of para-hydroxylation sites is 4. The van der Waals surface area contributed by atoms with Crippen molar-refractivity contribution in [2.45, 2.75) is 38.3 Å². The van der Waals surface area contributed by atoms with Crippen LogP contribution >= 0.6 is 0 Å². The molecule has 2 N–H and O–H groups in total. The molecular weight excluding hydrogens is 356 g/mol. The molecule has 0 saturated heterocycles. The number of ether oxygens (including phenoxy) is 4. The van der Waals surface area contributed by atoms with E-state index in [9.17, 15) is 0 Å². The summed E-state index contributed by atoms with van der Waals surface area (Å²) >= 11 is 0. The molecule has 28 heavy (non-hydrogen) atoms. The second kappa shape index (κ2) is 7.89. The molecule has 0 saturated carbocycles. The maximum absolute atomic E-state index is 5.93. The van der Waals surface area contributed by atoms with Crippen LogP contribution in [0.2, 0.25) is 0 Å². The molecule has 6 nitrogen and oxygen atoms in total. The van der Waals surface area contributed by atoms with Crippen molar-refractivity contribution in [3.05, 3.63) is 48.5 Å². The lowest BCUT2D eigenvalue weighted by molar-refractivity contribution is -0.0682. The van der Waals surface area contributed by atoms with E-state index < -0.39 is 11.6 Å². The average molecular weight is 384 g/mol. The second-order valence-corrected chi connectivity index (χ2v) is 7.57. The highest BCUT2D eigenvalue weighted by atomic mass is 16.7. The van der Waals surface area contributed by atoms with Gasteiger partial charge in [0.1, 0.15) is 0 Å². The molecule has 2 aliphatic heterocycles. The molecule has 0 radical (unpaired) electrons. The Morgan fingerprint density at radius 2 is 0.893 bits per heavy atom. The van der Waals surface area contributed by atoms with Gasteiger partial charge in [0, 0.05) is 52.9 Å². The first-order valence-electron chi connectivity index (χ1n) is 9.91. The standard InChI is InChI=1S/C22H28N2O4/c1-21(25-17-7-3-4-8-18(17)26-21)11-13-23-15-16-24-14-12-22(2)27-19-9-5-6-10-20(19)28-22/h3-10,23-24H,11-16H2,1-2H3. The van der Waals surface area contributed by atoms with Gasteiger partial charge >= 0.3 is 0 Å². The number of benzene rings is 2. The van der Waals surface area contributed by atoms with Crippen molar-refractivity contribution in [3.63, 3.8) is 0 Å². The molecule has 4 rings (SSSR count). The maximum Gasteiger partial charge on any atom is 0.250 e. The summed E-state index contributed by atoms with van der Waals surface area (Å²) in [5.74, 6) is 2.09. The first-order chi connectivity index (χ1) is 13.6. The summed E-state index contributed by atoms with van der Waals surface area (Å²) in [5, 5.41) is 6.86. The zero-order valence-electron chi connectivity index (χ0n) is 16.5.